The number of halogens is 1. The van der Waals surface area contributed by atoms with E-state index in [2.05, 4.69) is 41.0 Å². The molecular formula is C17H20ClN4S+. The summed E-state index contributed by atoms with van der Waals surface area (Å²) in [7, 11) is 0. The highest BCUT2D eigenvalue weighted by atomic mass is 35.5. The van der Waals surface area contributed by atoms with E-state index in [9.17, 15) is 0 Å². The van der Waals surface area contributed by atoms with Gasteiger partial charge in [0.1, 0.15) is 17.8 Å². The van der Waals surface area contributed by atoms with Gasteiger partial charge in [0.15, 0.2) is 6.20 Å². The minimum Gasteiger partial charge on any atom is -0.165 e. The number of rotatable bonds is 5. The molecule has 1 aromatic carbocycles. The Morgan fingerprint density at radius 1 is 1.39 bits per heavy atom. The normalized spacial score (nSPS) is 20.0. The Morgan fingerprint density at radius 2 is 2.13 bits per heavy atom. The lowest BCUT2D eigenvalue weighted by Gasteiger charge is -2.32. The highest BCUT2D eigenvalue weighted by molar-refractivity contribution is 7.79. The smallest absolute Gasteiger partial charge is 0.165 e. The third kappa shape index (κ3) is 2.35. The Bertz CT molecular complexity index is 806. The van der Waals surface area contributed by atoms with Crippen molar-refractivity contribution in [2.24, 2.45) is 10.3 Å². The van der Waals surface area contributed by atoms with Crippen LogP contribution in [0.1, 0.15) is 37.8 Å². The van der Waals surface area contributed by atoms with E-state index in [0.717, 1.165) is 39.9 Å². The van der Waals surface area contributed by atoms with Crippen molar-refractivity contribution in [2.75, 3.05) is 0 Å². The minimum absolute atomic E-state index is 0.301. The molecule has 1 atom stereocenters. The van der Waals surface area contributed by atoms with Crippen LogP contribution in [-0.2, 0) is 0 Å². The zero-order valence-electron chi connectivity index (χ0n) is 13.5. The van der Waals surface area contributed by atoms with Gasteiger partial charge in [-0.2, -0.15) is 4.68 Å². The molecule has 2 aromatic rings. The second-order valence-electron chi connectivity index (χ2n) is 5.79. The van der Waals surface area contributed by atoms with Crippen LogP contribution in [0.4, 0.5) is 0 Å². The van der Waals surface area contributed by atoms with Gasteiger partial charge in [-0.05, 0) is 34.9 Å². The third-order valence-electron chi connectivity index (χ3n) is 4.68. The second-order valence-corrected chi connectivity index (χ2v) is 6.41. The molecule has 0 fully saturated rings. The van der Waals surface area contributed by atoms with E-state index in [1.807, 2.05) is 19.3 Å². The molecule has 0 bridgehead atoms. The monoisotopic (exact) mass is 347 g/mol. The van der Waals surface area contributed by atoms with Gasteiger partial charge >= 0.3 is 0 Å². The number of thiocarbonyl (C=S) groups is 1. The average molecular weight is 348 g/mol. The van der Waals surface area contributed by atoms with Crippen LogP contribution < -0.4 is 4.70 Å². The standard InChI is InChI=1S/C17H20ClN4S/c1-4-15(5-2)22(9-7-19-20-22)21-8-6-13-10-14(11-23)12(3)16(18)17(13)21/h6-11,15H,4-5H2,1-3H3/q+1. The molecule has 3 rings (SSSR count). The Labute approximate surface area is 146 Å². The number of benzene rings is 1. The quantitative estimate of drug-likeness (QED) is 0.523. The fourth-order valence-corrected chi connectivity index (χ4v) is 3.88. The van der Waals surface area contributed by atoms with Crippen LogP contribution in [0.25, 0.3) is 10.9 Å². The summed E-state index contributed by atoms with van der Waals surface area (Å²) in [5.41, 5.74) is 2.96. The molecule has 0 radical (unpaired) electrons. The summed E-state index contributed by atoms with van der Waals surface area (Å²) in [6.45, 7) is 6.36. The Morgan fingerprint density at radius 3 is 2.70 bits per heavy atom. The van der Waals surface area contributed by atoms with Gasteiger partial charge in [0, 0.05) is 23.6 Å². The predicted molar refractivity (Wildman–Crippen MR) is 100 cm³/mol. The molecule has 1 aliphatic heterocycles. The predicted octanol–water partition coefficient (Wildman–Crippen LogP) is 5.43. The number of fused-ring (bicyclic) bond motifs is 1. The molecule has 120 valence electrons. The molecule has 0 amide bonds. The van der Waals surface area contributed by atoms with E-state index in [0.29, 0.717) is 10.7 Å². The molecule has 0 aliphatic carbocycles. The molecule has 23 heavy (non-hydrogen) atoms. The van der Waals surface area contributed by atoms with E-state index in [1.165, 1.54) is 0 Å². The van der Waals surface area contributed by atoms with Crippen LogP contribution in [0.15, 0.2) is 41.1 Å². The highest BCUT2D eigenvalue weighted by Gasteiger charge is 2.40. The van der Waals surface area contributed by atoms with Gasteiger partial charge in [0.05, 0.1) is 16.4 Å². The third-order valence-corrected chi connectivity index (χ3v) is 5.40. The molecule has 0 saturated carbocycles. The number of aromatic nitrogens is 1. The number of hydrogen-bond acceptors (Lipinski definition) is 3. The van der Waals surface area contributed by atoms with E-state index >= 15 is 0 Å². The summed E-state index contributed by atoms with van der Waals surface area (Å²) in [6, 6.07) is 4.45. The fourth-order valence-electron chi connectivity index (χ4n) is 3.33. The van der Waals surface area contributed by atoms with Gasteiger partial charge in [-0.25, -0.2) is 0 Å². The Balaban J connectivity index is 2.31. The molecule has 2 heterocycles. The molecule has 6 heteroatoms. The topological polar surface area (TPSA) is 29.6 Å². The van der Waals surface area contributed by atoms with Gasteiger partial charge in [-0.15, -0.1) is 5.11 Å². The lowest BCUT2D eigenvalue weighted by atomic mass is 10.1. The molecule has 0 N–H and O–H groups in total. The van der Waals surface area contributed by atoms with Crippen molar-refractivity contribution in [3.63, 3.8) is 0 Å². The first-order valence-electron chi connectivity index (χ1n) is 7.83. The van der Waals surface area contributed by atoms with Gasteiger partial charge in [-0.1, -0.05) is 37.7 Å². The Kier molecular flexibility index (Phi) is 4.36. The van der Waals surface area contributed by atoms with Crippen molar-refractivity contribution in [3.8, 4) is 0 Å². The largest absolute Gasteiger partial charge is 0.171 e. The van der Waals surface area contributed by atoms with Crippen LogP contribution in [-0.4, -0.2) is 16.1 Å². The van der Waals surface area contributed by atoms with E-state index in [1.54, 1.807) is 11.6 Å². The van der Waals surface area contributed by atoms with Crippen LogP contribution >= 0.6 is 23.8 Å². The maximum atomic E-state index is 6.69. The summed E-state index contributed by atoms with van der Waals surface area (Å²) < 4.78 is 2.43. The summed E-state index contributed by atoms with van der Waals surface area (Å²) in [4.78, 5) is 0. The van der Waals surface area contributed by atoms with Crippen molar-refractivity contribution in [1.82, 2.24) is 9.38 Å². The van der Waals surface area contributed by atoms with Crippen LogP contribution in [0.3, 0.4) is 0 Å². The maximum Gasteiger partial charge on any atom is 0.171 e. The van der Waals surface area contributed by atoms with E-state index in [-0.39, 0.29) is 0 Å². The number of quaternary nitrogens is 1. The maximum absolute atomic E-state index is 6.69. The first-order chi connectivity index (χ1) is 11.1. The van der Waals surface area contributed by atoms with E-state index < -0.39 is 0 Å². The van der Waals surface area contributed by atoms with Crippen molar-refractivity contribution in [3.05, 3.63) is 46.9 Å². The molecule has 1 unspecified atom stereocenters. The molecular weight excluding hydrogens is 328 g/mol. The zero-order chi connectivity index (χ0) is 16.6. The van der Waals surface area contributed by atoms with Crippen molar-refractivity contribution in [1.29, 1.82) is 0 Å². The molecule has 1 aliphatic rings. The number of nitrogens with zero attached hydrogens (tertiary/aromatic N) is 4. The summed E-state index contributed by atoms with van der Waals surface area (Å²) in [6.07, 6.45) is 7.81. The van der Waals surface area contributed by atoms with Gasteiger partial charge in [-0.3, -0.25) is 0 Å². The lowest BCUT2D eigenvalue weighted by Crippen LogP contribution is -2.54. The summed E-state index contributed by atoms with van der Waals surface area (Å²) in [5, 5.41) is 12.1. The fraction of sp³-hybridized carbons (Fsp3) is 0.353. The SMILES string of the molecule is CCC(CC)[N+]1(n2ccc3cc(C=S)c(C)c(Cl)c32)C=CN=N1. The first-order valence-corrected chi connectivity index (χ1v) is 8.68. The lowest BCUT2D eigenvalue weighted by molar-refractivity contribution is 0.130. The van der Waals surface area contributed by atoms with Crippen molar-refractivity contribution >= 4 is 40.1 Å². The van der Waals surface area contributed by atoms with Crippen LogP contribution in [0, 0.1) is 6.92 Å². The van der Waals surface area contributed by atoms with Crippen LogP contribution in [0.5, 0.6) is 0 Å². The van der Waals surface area contributed by atoms with Gasteiger partial charge < -0.3 is 0 Å². The molecule has 4 nitrogen and oxygen atoms in total. The minimum atomic E-state index is 0.301. The average Bonchev–Trinajstić information content (AvgIpc) is 3.19. The molecule has 0 saturated heterocycles. The molecule has 1 aromatic heterocycles. The van der Waals surface area contributed by atoms with Crippen molar-refractivity contribution < 1.29 is 0 Å². The first kappa shape index (κ1) is 16.3. The summed E-state index contributed by atoms with van der Waals surface area (Å²) in [5.74, 6) is 0. The van der Waals surface area contributed by atoms with Gasteiger partial charge in [0.2, 0.25) is 0 Å². The van der Waals surface area contributed by atoms with Crippen molar-refractivity contribution in [2.45, 2.75) is 39.7 Å². The Hall–Kier alpha value is -1.56. The zero-order valence-corrected chi connectivity index (χ0v) is 15.1. The van der Waals surface area contributed by atoms with Crippen LogP contribution in [0.2, 0.25) is 5.02 Å². The summed E-state index contributed by atoms with van der Waals surface area (Å²) >= 11 is 11.8. The van der Waals surface area contributed by atoms with E-state index in [4.69, 9.17) is 23.8 Å². The van der Waals surface area contributed by atoms with Gasteiger partial charge in [0.25, 0.3) is 0 Å². The number of hydrogen-bond donors (Lipinski definition) is 0. The molecule has 0 spiro atoms. The highest BCUT2D eigenvalue weighted by Crippen LogP contribution is 2.35. The second kappa shape index (κ2) is 6.15.